The summed E-state index contributed by atoms with van der Waals surface area (Å²) in [7, 11) is 0. The minimum Gasteiger partial charge on any atom is -0.487 e. The molecular formula is C17H27NO. The molecule has 2 heteroatoms. The van der Waals surface area contributed by atoms with Gasteiger partial charge in [0, 0.05) is 0 Å². The van der Waals surface area contributed by atoms with Gasteiger partial charge in [-0.05, 0) is 32.4 Å². The lowest BCUT2D eigenvalue weighted by atomic mass is 10.2. The number of unbranched alkanes of at least 4 members (excludes halogenated alkanes) is 1. The lowest BCUT2D eigenvalue weighted by Gasteiger charge is -2.08. The first-order valence-corrected chi connectivity index (χ1v) is 6.95. The first-order valence-electron chi connectivity index (χ1n) is 6.95. The molecule has 19 heavy (non-hydrogen) atoms. The Balaban J connectivity index is 0.000000711. The van der Waals surface area contributed by atoms with Gasteiger partial charge in [-0.3, -0.25) is 0 Å². The summed E-state index contributed by atoms with van der Waals surface area (Å²) in [5.74, 6) is 0.649. The van der Waals surface area contributed by atoms with E-state index in [4.69, 9.17) is 10.1 Å². The SMILES string of the molecule is C/C=C(/OCc1ccc(C)cc1)C(C)=N.CCCC. The highest BCUT2D eigenvalue weighted by atomic mass is 16.5. The summed E-state index contributed by atoms with van der Waals surface area (Å²) in [4.78, 5) is 0. The minimum absolute atomic E-state index is 0.463. The van der Waals surface area contributed by atoms with Crippen molar-refractivity contribution in [1.29, 1.82) is 5.41 Å². The van der Waals surface area contributed by atoms with Gasteiger partial charge >= 0.3 is 0 Å². The van der Waals surface area contributed by atoms with Crippen LogP contribution in [0.2, 0.25) is 0 Å². The average Bonchev–Trinajstić information content (AvgIpc) is 2.41. The normalized spacial score (nSPS) is 10.5. The van der Waals surface area contributed by atoms with Crippen LogP contribution in [0.4, 0.5) is 0 Å². The van der Waals surface area contributed by atoms with Crippen molar-refractivity contribution in [3.8, 4) is 0 Å². The van der Waals surface area contributed by atoms with E-state index in [0.29, 0.717) is 18.1 Å². The Morgan fingerprint density at radius 1 is 1.16 bits per heavy atom. The third-order valence-corrected chi connectivity index (χ3v) is 2.65. The highest BCUT2D eigenvalue weighted by Gasteiger charge is 2.00. The second-order valence-electron chi connectivity index (χ2n) is 4.55. The second kappa shape index (κ2) is 10.4. The van der Waals surface area contributed by atoms with Gasteiger partial charge in [-0.2, -0.15) is 0 Å². The van der Waals surface area contributed by atoms with Gasteiger partial charge in [-0.15, -0.1) is 0 Å². The second-order valence-corrected chi connectivity index (χ2v) is 4.55. The van der Waals surface area contributed by atoms with Crippen molar-refractivity contribution in [3.05, 3.63) is 47.2 Å². The minimum atomic E-state index is 0.463. The number of hydrogen-bond acceptors (Lipinski definition) is 2. The molecule has 0 saturated heterocycles. The maximum atomic E-state index is 7.46. The van der Waals surface area contributed by atoms with Crippen molar-refractivity contribution in [1.82, 2.24) is 0 Å². The highest BCUT2D eigenvalue weighted by molar-refractivity contribution is 5.93. The number of rotatable bonds is 5. The molecule has 0 saturated carbocycles. The summed E-state index contributed by atoms with van der Waals surface area (Å²) in [6.07, 6.45) is 4.45. The molecule has 1 aromatic carbocycles. The van der Waals surface area contributed by atoms with Gasteiger partial charge in [-0.25, -0.2) is 0 Å². The smallest absolute Gasteiger partial charge is 0.135 e. The van der Waals surface area contributed by atoms with Crippen LogP contribution in [0, 0.1) is 12.3 Å². The van der Waals surface area contributed by atoms with Crippen molar-refractivity contribution < 1.29 is 4.74 Å². The van der Waals surface area contributed by atoms with Gasteiger partial charge in [-0.1, -0.05) is 56.5 Å². The maximum absolute atomic E-state index is 7.46. The zero-order chi connectivity index (χ0) is 14.7. The van der Waals surface area contributed by atoms with E-state index in [2.05, 4.69) is 32.9 Å². The summed E-state index contributed by atoms with van der Waals surface area (Å²) in [5.41, 5.74) is 2.83. The van der Waals surface area contributed by atoms with Gasteiger partial charge in [0.15, 0.2) is 0 Å². The predicted molar refractivity (Wildman–Crippen MR) is 83.7 cm³/mol. The first-order chi connectivity index (χ1) is 9.04. The Morgan fingerprint density at radius 3 is 2.05 bits per heavy atom. The Hall–Kier alpha value is -1.57. The standard InChI is InChI=1S/C13H17NO.C4H10/c1-4-13(11(3)14)15-9-12-7-5-10(2)6-8-12;1-3-4-2/h4-8,14H,9H2,1-3H3;3-4H2,1-2H3/b13-4+,14-11?;. The molecule has 0 aliphatic rings. The molecule has 0 atom stereocenters. The van der Waals surface area contributed by atoms with Crippen LogP contribution in [0.25, 0.3) is 0 Å². The average molecular weight is 261 g/mol. The van der Waals surface area contributed by atoms with Crippen LogP contribution >= 0.6 is 0 Å². The van der Waals surface area contributed by atoms with E-state index in [9.17, 15) is 0 Å². The van der Waals surface area contributed by atoms with Crippen LogP contribution in [0.1, 0.15) is 51.7 Å². The lowest BCUT2D eigenvalue weighted by molar-refractivity contribution is 0.216. The first kappa shape index (κ1) is 17.4. The number of allylic oxidation sites excluding steroid dienone is 2. The fraction of sp³-hybridized carbons (Fsp3) is 0.471. The molecule has 1 aromatic rings. The number of nitrogens with one attached hydrogen (secondary N) is 1. The van der Waals surface area contributed by atoms with E-state index >= 15 is 0 Å². The molecule has 0 heterocycles. The third kappa shape index (κ3) is 8.20. The largest absolute Gasteiger partial charge is 0.487 e. The van der Waals surface area contributed by atoms with Crippen molar-refractivity contribution in [2.45, 2.75) is 54.1 Å². The lowest BCUT2D eigenvalue weighted by Crippen LogP contribution is -2.01. The molecule has 0 radical (unpaired) electrons. The van der Waals surface area contributed by atoms with E-state index in [1.165, 1.54) is 18.4 Å². The molecule has 1 N–H and O–H groups in total. The van der Waals surface area contributed by atoms with Crippen molar-refractivity contribution in [2.75, 3.05) is 0 Å². The Bertz CT molecular complexity index is 388. The number of ether oxygens (including phenoxy) is 1. The van der Waals surface area contributed by atoms with Crippen LogP contribution in [-0.4, -0.2) is 5.71 Å². The zero-order valence-corrected chi connectivity index (χ0v) is 12.9. The van der Waals surface area contributed by atoms with Crippen LogP contribution in [0.15, 0.2) is 36.1 Å². The van der Waals surface area contributed by atoms with Crippen LogP contribution in [0.3, 0.4) is 0 Å². The number of benzene rings is 1. The monoisotopic (exact) mass is 261 g/mol. The van der Waals surface area contributed by atoms with E-state index in [0.717, 1.165) is 5.56 Å². The molecule has 0 spiro atoms. The van der Waals surface area contributed by atoms with Gasteiger partial charge in [0.25, 0.3) is 0 Å². The molecule has 1 rings (SSSR count). The number of hydrogen-bond donors (Lipinski definition) is 1. The van der Waals surface area contributed by atoms with E-state index in [1.54, 1.807) is 6.92 Å². The molecule has 0 unspecified atom stereocenters. The van der Waals surface area contributed by atoms with Crippen molar-refractivity contribution >= 4 is 5.71 Å². The van der Waals surface area contributed by atoms with Crippen LogP contribution < -0.4 is 0 Å². The number of aryl methyl sites for hydroxylation is 1. The molecule has 0 aliphatic carbocycles. The zero-order valence-electron chi connectivity index (χ0n) is 12.9. The summed E-state index contributed by atoms with van der Waals surface area (Å²) >= 11 is 0. The highest BCUT2D eigenvalue weighted by Crippen LogP contribution is 2.08. The van der Waals surface area contributed by atoms with Crippen LogP contribution in [-0.2, 0) is 11.3 Å². The molecule has 0 fully saturated rings. The van der Waals surface area contributed by atoms with Gasteiger partial charge in [0.2, 0.25) is 0 Å². The molecule has 0 aromatic heterocycles. The molecule has 106 valence electrons. The predicted octanol–water partition coefficient (Wildman–Crippen LogP) is 5.26. The molecule has 0 aliphatic heterocycles. The summed E-state index contributed by atoms with van der Waals surface area (Å²) in [5, 5.41) is 7.46. The third-order valence-electron chi connectivity index (χ3n) is 2.65. The van der Waals surface area contributed by atoms with Gasteiger partial charge in [0.05, 0.1) is 5.71 Å². The molecular weight excluding hydrogens is 234 g/mol. The Morgan fingerprint density at radius 2 is 1.68 bits per heavy atom. The Labute approximate surface area is 118 Å². The van der Waals surface area contributed by atoms with E-state index < -0.39 is 0 Å². The van der Waals surface area contributed by atoms with Gasteiger partial charge < -0.3 is 10.1 Å². The Kier molecular flexibility index (Phi) is 9.51. The van der Waals surface area contributed by atoms with Crippen molar-refractivity contribution in [2.24, 2.45) is 0 Å². The fourth-order valence-corrected chi connectivity index (χ4v) is 1.25. The summed E-state index contributed by atoms with van der Waals surface area (Å²) < 4.78 is 5.52. The molecule has 0 bridgehead atoms. The van der Waals surface area contributed by atoms with Gasteiger partial charge in [0.1, 0.15) is 12.4 Å². The van der Waals surface area contributed by atoms with Crippen LogP contribution in [0.5, 0.6) is 0 Å². The van der Waals surface area contributed by atoms with Crippen molar-refractivity contribution in [3.63, 3.8) is 0 Å². The summed E-state index contributed by atoms with van der Waals surface area (Å²) in [6.45, 7) is 10.5. The molecule has 2 nitrogen and oxygen atoms in total. The fourth-order valence-electron chi connectivity index (χ4n) is 1.25. The van der Waals surface area contributed by atoms with E-state index in [-0.39, 0.29) is 0 Å². The van der Waals surface area contributed by atoms with E-state index in [1.807, 2.05) is 25.1 Å². The summed E-state index contributed by atoms with van der Waals surface area (Å²) in [6, 6.07) is 8.21. The maximum Gasteiger partial charge on any atom is 0.135 e. The quantitative estimate of drug-likeness (QED) is 0.569. The topological polar surface area (TPSA) is 33.1 Å². The molecule has 0 amide bonds.